The molecule has 3 fully saturated rings. The number of hydrogen-bond acceptors (Lipinski definition) is 3. The standard InChI is InChI=1S/C24H28N2O2/c1-17-7-8-21-20(15-17)11-14-26(23(21)19-5-3-2-4-6-19)24(27)28-22-16-25-12-9-18(22)10-13-25/h2-8,15,18,22-23H,9-14,16H2,1H3/t22-,23+/m1/s1. The van der Waals surface area contributed by atoms with Gasteiger partial charge in [0, 0.05) is 13.1 Å². The number of carbonyl (C=O) groups is 1. The molecule has 0 saturated carbocycles. The Morgan fingerprint density at radius 1 is 1.04 bits per heavy atom. The lowest BCUT2D eigenvalue weighted by Gasteiger charge is -2.45. The van der Waals surface area contributed by atoms with Crippen molar-refractivity contribution in [3.63, 3.8) is 0 Å². The fourth-order valence-electron chi connectivity index (χ4n) is 5.19. The topological polar surface area (TPSA) is 32.8 Å². The summed E-state index contributed by atoms with van der Waals surface area (Å²) in [5.74, 6) is 0.531. The molecule has 28 heavy (non-hydrogen) atoms. The zero-order chi connectivity index (χ0) is 19.1. The van der Waals surface area contributed by atoms with Crippen LogP contribution in [0.25, 0.3) is 0 Å². The summed E-state index contributed by atoms with van der Waals surface area (Å²) in [5.41, 5.74) is 5.00. The van der Waals surface area contributed by atoms with Crippen LogP contribution >= 0.6 is 0 Å². The van der Waals surface area contributed by atoms with Gasteiger partial charge in [-0.2, -0.15) is 0 Å². The lowest BCUT2D eigenvalue weighted by atomic mass is 9.86. The van der Waals surface area contributed by atoms with Crippen LogP contribution in [0.3, 0.4) is 0 Å². The molecule has 2 atom stereocenters. The second kappa shape index (κ2) is 7.25. The average molecular weight is 377 g/mol. The molecule has 4 heterocycles. The van der Waals surface area contributed by atoms with Gasteiger partial charge in [0.15, 0.2) is 0 Å². The van der Waals surface area contributed by atoms with Crippen LogP contribution in [0.2, 0.25) is 0 Å². The molecule has 0 spiro atoms. The SMILES string of the molecule is Cc1ccc2c(c1)CCN(C(=O)O[C@@H]1CN3CCC1CC3)[C@H]2c1ccccc1. The van der Waals surface area contributed by atoms with Gasteiger partial charge in [-0.15, -0.1) is 0 Å². The minimum Gasteiger partial charge on any atom is -0.444 e. The number of nitrogens with zero attached hydrogens (tertiary/aromatic N) is 2. The highest BCUT2D eigenvalue weighted by Gasteiger charge is 2.39. The number of ether oxygens (including phenoxy) is 1. The summed E-state index contributed by atoms with van der Waals surface area (Å²) in [7, 11) is 0. The van der Waals surface area contributed by atoms with Crippen LogP contribution in [0.15, 0.2) is 48.5 Å². The molecule has 2 aromatic rings. The third kappa shape index (κ3) is 3.20. The largest absolute Gasteiger partial charge is 0.444 e. The van der Waals surface area contributed by atoms with Crippen molar-refractivity contribution in [1.82, 2.24) is 9.80 Å². The first-order valence-corrected chi connectivity index (χ1v) is 10.5. The minimum atomic E-state index is -0.154. The van der Waals surface area contributed by atoms with E-state index in [9.17, 15) is 4.79 Å². The van der Waals surface area contributed by atoms with Gasteiger partial charge in [0.2, 0.25) is 0 Å². The Balaban J connectivity index is 1.44. The van der Waals surface area contributed by atoms with Crippen molar-refractivity contribution in [2.45, 2.75) is 38.3 Å². The van der Waals surface area contributed by atoms with Gasteiger partial charge in [0.05, 0.1) is 6.04 Å². The van der Waals surface area contributed by atoms with Gasteiger partial charge in [-0.25, -0.2) is 4.79 Å². The molecule has 0 aromatic heterocycles. The maximum atomic E-state index is 13.3. The quantitative estimate of drug-likeness (QED) is 0.788. The number of fused-ring (bicyclic) bond motifs is 4. The van der Waals surface area contributed by atoms with E-state index in [1.807, 2.05) is 11.0 Å². The van der Waals surface area contributed by atoms with Crippen molar-refractivity contribution in [1.29, 1.82) is 0 Å². The predicted molar refractivity (Wildman–Crippen MR) is 109 cm³/mol. The van der Waals surface area contributed by atoms with Crippen LogP contribution < -0.4 is 0 Å². The Bertz CT molecular complexity index is 858. The van der Waals surface area contributed by atoms with Gasteiger partial charge in [-0.05, 0) is 61.9 Å². The van der Waals surface area contributed by atoms with Crippen LogP contribution in [0.1, 0.15) is 41.1 Å². The van der Waals surface area contributed by atoms with E-state index in [1.54, 1.807) is 0 Å². The Morgan fingerprint density at radius 2 is 1.82 bits per heavy atom. The Morgan fingerprint density at radius 3 is 2.54 bits per heavy atom. The number of benzene rings is 2. The second-order valence-electron chi connectivity index (χ2n) is 8.52. The number of hydrogen-bond donors (Lipinski definition) is 0. The number of aryl methyl sites for hydroxylation is 1. The van der Waals surface area contributed by atoms with Crippen molar-refractivity contribution in [3.05, 3.63) is 70.8 Å². The van der Waals surface area contributed by atoms with E-state index in [4.69, 9.17) is 4.74 Å². The zero-order valence-corrected chi connectivity index (χ0v) is 16.5. The smallest absolute Gasteiger partial charge is 0.410 e. The Labute approximate surface area is 167 Å². The predicted octanol–water partition coefficient (Wildman–Crippen LogP) is 4.17. The summed E-state index contributed by atoms with van der Waals surface area (Å²) < 4.78 is 6.10. The van der Waals surface area contributed by atoms with E-state index in [0.29, 0.717) is 12.5 Å². The molecule has 2 aromatic carbocycles. The lowest BCUT2D eigenvalue weighted by molar-refractivity contribution is -0.0462. The van der Waals surface area contributed by atoms with Crippen molar-refractivity contribution in [2.24, 2.45) is 5.92 Å². The molecular formula is C24H28N2O2. The Hall–Kier alpha value is -2.33. The van der Waals surface area contributed by atoms with E-state index < -0.39 is 0 Å². The summed E-state index contributed by atoms with van der Waals surface area (Å²) in [6, 6.07) is 16.9. The summed E-state index contributed by atoms with van der Waals surface area (Å²) in [4.78, 5) is 17.7. The molecule has 146 valence electrons. The molecule has 4 nitrogen and oxygen atoms in total. The summed E-state index contributed by atoms with van der Waals surface area (Å²) in [5, 5.41) is 0. The molecule has 4 heteroatoms. The molecule has 3 saturated heterocycles. The summed E-state index contributed by atoms with van der Waals surface area (Å²) in [6.07, 6.45) is 3.09. The molecule has 1 amide bonds. The molecule has 0 radical (unpaired) electrons. The van der Waals surface area contributed by atoms with Gasteiger partial charge in [0.1, 0.15) is 6.10 Å². The molecular weight excluding hydrogens is 348 g/mol. The van der Waals surface area contributed by atoms with Crippen LogP contribution in [0, 0.1) is 12.8 Å². The fraction of sp³-hybridized carbons (Fsp3) is 0.458. The molecule has 6 rings (SSSR count). The van der Waals surface area contributed by atoms with E-state index in [1.165, 1.54) is 16.7 Å². The first kappa shape index (κ1) is 17.7. The maximum absolute atomic E-state index is 13.3. The number of rotatable bonds is 2. The third-order valence-electron chi connectivity index (χ3n) is 6.72. The zero-order valence-electron chi connectivity index (χ0n) is 16.5. The lowest BCUT2D eigenvalue weighted by Crippen LogP contribution is -2.53. The maximum Gasteiger partial charge on any atom is 0.410 e. The van der Waals surface area contributed by atoms with Crippen molar-refractivity contribution < 1.29 is 9.53 Å². The van der Waals surface area contributed by atoms with Crippen LogP contribution in [-0.2, 0) is 11.2 Å². The molecule has 2 bridgehead atoms. The van der Waals surface area contributed by atoms with Gasteiger partial charge in [-0.1, -0.05) is 54.1 Å². The minimum absolute atomic E-state index is 0.0471. The molecule has 4 aliphatic rings. The number of piperidine rings is 3. The molecule has 0 unspecified atom stereocenters. The van der Waals surface area contributed by atoms with E-state index in [0.717, 1.165) is 44.5 Å². The molecule has 0 N–H and O–H groups in total. The monoisotopic (exact) mass is 376 g/mol. The molecule has 0 aliphatic carbocycles. The van der Waals surface area contributed by atoms with Gasteiger partial charge >= 0.3 is 6.09 Å². The van der Waals surface area contributed by atoms with Gasteiger partial charge in [0.25, 0.3) is 0 Å². The van der Waals surface area contributed by atoms with E-state index >= 15 is 0 Å². The van der Waals surface area contributed by atoms with Crippen molar-refractivity contribution in [2.75, 3.05) is 26.2 Å². The van der Waals surface area contributed by atoms with Gasteiger partial charge in [-0.3, -0.25) is 9.80 Å². The highest BCUT2D eigenvalue weighted by Crippen LogP contribution is 2.37. The highest BCUT2D eigenvalue weighted by atomic mass is 16.6. The number of amides is 1. The first-order valence-electron chi connectivity index (χ1n) is 10.5. The first-order chi connectivity index (χ1) is 13.7. The van der Waals surface area contributed by atoms with Gasteiger partial charge < -0.3 is 4.74 Å². The normalized spacial score (nSPS) is 28.7. The van der Waals surface area contributed by atoms with Crippen molar-refractivity contribution >= 4 is 6.09 Å². The van der Waals surface area contributed by atoms with Crippen molar-refractivity contribution in [3.8, 4) is 0 Å². The second-order valence-corrected chi connectivity index (χ2v) is 8.52. The number of carbonyl (C=O) groups excluding carboxylic acids is 1. The third-order valence-corrected chi connectivity index (χ3v) is 6.72. The highest BCUT2D eigenvalue weighted by molar-refractivity contribution is 5.70. The average Bonchev–Trinajstić information content (AvgIpc) is 2.74. The van der Waals surface area contributed by atoms with Crippen LogP contribution in [-0.4, -0.2) is 48.2 Å². The van der Waals surface area contributed by atoms with Crippen LogP contribution in [0.4, 0.5) is 4.79 Å². The van der Waals surface area contributed by atoms with Crippen LogP contribution in [0.5, 0.6) is 0 Å². The Kier molecular flexibility index (Phi) is 4.59. The van der Waals surface area contributed by atoms with E-state index in [-0.39, 0.29) is 18.2 Å². The fourth-order valence-corrected chi connectivity index (χ4v) is 5.19. The molecule has 4 aliphatic heterocycles. The summed E-state index contributed by atoms with van der Waals surface area (Å²) in [6.45, 7) is 6.04. The van der Waals surface area contributed by atoms with E-state index in [2.05, 4.69) is 54.3 Å². The summed E-state index contributed by atoms with van der Waals surface area (Å²) >= 11 is 0.